The smallest absolute Gasteiger partial charge is 0.271 e. The molecule has 3 N–H and O–H groups in total. The average Bonchev–Trinajstić information content (AvgIpc) is 2.41. The number of carbonyl (C=O) groups is 1. The lowest BCUT2D eigenvalue weighted by atomic mass is 10.3. The molecule has 0 unspecified atom stereocenters. The Bertz CT molecular complexity index is 350. The zero-order chi connectivity index (χ0) is 11.6. The highest BCUT2D eigenvalue weighted by Crippen LogP contribution is 2.12. The Morgan fingerprint density at radius 1 is 1.73 bits per heavy atom. The molecule has 0 aliphatic heterocycles. The van der Waals surface area contributed by atoms with Crippen molar-refractivity contribution in [2.75, 3.05) is 12.3 Å². The van der Waals surface area contributed by atoms with E-state index < -0.39 is 18.4 Å². The standard InChI is InChI=1S/C8H12F2N4O/c1-8(9,10)4-12-7(15)6-5(11)3-13-14(6)2/h3H,4,11H2,1-2H3,(H,12,15). The number of nitrogens with one attached hydrogen (secondary N) is 1. The van der Waals surface area contributed by atoms with Gasteiger partial charge in [-0.1, -0.05) is 0 Å². The van der Waals surface area contributed by atoms with Crippen molar-refractivity contribution in [3.63, 3.8) is 0 Å². The van der Waals surface area contributed by atoms with Gasteiger partial charge in [-0.2, -0.15) is 5.10 Å². The third-order valence-corrected chi connectivity index (χ3v) is 1.74. The fourth-order valence-corrected chi connectivity index (χ4v) is 1.05. The van der Waals surface area contributed by atoms with Gasteiger partial charge < -0.3 is 11.1 Å². The number of nitrogen functional groups attached to an aromatic ring is 1. The van der Waals surface area contributed by atoms with Crippen LogP contribution in [0.15, 0.2) is 6.20 Å². The van der Waals surface area contributed by atoms with Crippen LogP contribution in [0.1, 0.15) is 17.4 Å². The summed E-state index contributed by atoms with van der Waals surface area (Å²) in [4.78, 5) is 11.4. The number of halogens is 2. The number of hydrogen-bond donors (Lipinski definition) is 2. The summed E-state index contributed by atoms with van der Waals surface area (Å²) in [6.07, 6.45) is 1.29. The van der Waals surface area contributed by atoms with Crippen molar-refractivity contribution >= 4 is 11.6 Å². The molecule has 0 aliphatic rings. The normalized spacial score (nSPS) is 11.5. The van der Waals surface area contributed by atoms with Crippen LogP contribution < -0.4 is 11.1 Å². The van der Waals surface area contributed by atoms with Crippen molar-refractivity contribution < 1.29 is 13.6 Å². The molecule has 0 spiro atoms. The zero-order valence-corrected chi connectivity index (χ0v) is 8.42. The van der Waals surface area contributed by atoms with Crippen molar-refractivity contribution in [1.82, 2.24) is 15.1 Å². The van der Waals surface area contributed by atoms with Crippen LogP contribution in [0.25, 0.3) is 0 Å². The van der Waals surface area contributed by atoms with Gasteiger partial charge in [-0.15, -0.1) is 0 Å². The lowest BCUT2D eigenvalue weighted by molar-refractivity contribution is 0.0219. The molecule has 15 heavy (non-hydrogen) atoms. The maximum atomic E-state index is 12.5. The summed E-state index contributed by atoms with van der Waals surface area (Å²) in [7, 11) is 1.51. The van der Waals surface area contributed by atoms with Gasteiger partial charge in [0.25, 0.3) is 11.8 Å². The Kier molecular flexibility index (Phi) is 2.92. The maximum Gasteiger partial charge on any atom is 0.271 e. The van der Waals surface area contributed by atoms with E-state index in [2.05, 4.69) is 10.4 Å². The minimum atomic E-state index is -2.94. The third-order valence-electron chi connectivity index (χ3n) is 1.74. The number of aromatic nitrogens is 2. The highest BCUT2D eigenvalue weighted by atomic mass is 19.3. The van der Waals surface area contributed by atoms with Crippen LogP contribution in [0.2, 0.25) is 0 Å². The number of anilines is 1. The summed E-state index contributed by atoms with van der Waals surface area (Å²) in [5, 5.41) is 5.80. The molecule has 0 aliphatic carbocycles. The predicted octanol–water partition coefficient (Wildman–Crippen LogP) is 0.387. The van der Waals surface area contributed by atoms with Gasteiger partial charge in [-0.3, -0.25) is 9.48 Å². The second-order valence-corrected chi connectivity index (χ2v) is 3.33. The van der Waals surface area contributed by atoms with E-state index in [9.17, 15) is 13.6 Å². The molecular formula is C8H12F2N4O. The first-order chi connectivity index (χ1) is 6.81. The van der Waals surface area contributed by atoms with E-state index in [0.29, 0.717) is 0 Å². The van der Waals surface area contributed by atoms with E-state index in [4.69, 9.17) is 5.73 Å². The highest BCUT2D eigenvalue weighted by Gasteiger charge is 2.23. The molecule has 0 fully saturated rings. The molecule has 1 aromatic heterocycles. The van der Waals surface area contributed by atoms with Crippen molar-refractivity contribution in [3.8, 4) is 0 Å². The first kappa shape index (κ1) is 11.4. The van der Waals surface area contributed by atoms with Crippen LogP contribution in [0.5, 0.6) is 0 Å². The van der Waals surface area contributed by atoms with Crippen molar-refractivity contribution in [2.24, 2.45) is 7.05 Å². The lowest BCUT2D eigenvalue weighted by Gasteiger charge is -2.11. The number of nitrogens with two attached hydrogens (primary N) is 1. The fraction of sp³-hybridized carbons (Fsp3) is 0.500. The van der Waals surface area contributed by atoms with Gasteiger partial charge in [0, 0.05) is 14.0 Å². The Morgan fingerprint density at radius 2 is 2.33 bits per heavy atom. The van der Waals surface area contributed by atoms with Crippen LogP contribution in [0.3, 0.4) is 0 Å². The molecule has 0 atom stereocenters. The lowest BCUT2D eigenvalue weighted by Crippen LogP contribution is -2.35. The quantitative estimate of drug-likeness (QED) is 0.770. The van der Waals surface area contributed by atoms with E-state index in [-0.39, 0.29) is 11.4 Å². The van der Waals surface area contributed by atoms with Gasteiger partial charge in [0.05, 0.1) is 18.4 Å². The molecule has 0 saturated carbocycles. The summed E-state index contributed by atoms with van der Waals surface area (Å²) in [5.41, 5.74) is 5.69. The zero-order valence-electron chi connectivity index (χ0n) is 8.42. The number of alkyl halides is 2. The molecule has 1 aromatic rings. The van der Waals surface area contributed by atoms with E-state index in [1.807, 2.05) is 0 Å². The monoisotopic (exact) mass is 218 g/mol. The van der Waals surface area contributed by atoms with Crippen LogP contribution in [-0.2, 0) is 7.05 Å². The molecule has 1 heterocycles. The van der Waals surface area contributed by atoms with Gasteiger partial charge in [-0.25, -0.2) is 8.78 Å². The largest absolute Gasteiger partial charge is 0.396 e. The highest BCUT2D eigenvalue weighted by molar-refractivity contribution is 5.97. The molecule has 84 valence electrons. The number of carbonyl (C=O) groups excluding carboxylic acids is 1. The number of amides is 1. The Balaban J connectivity index is 2.70. The van der Waals surface area contributed by atoms with E-state index in [0.717, 1.165) is 6.92 Å². The molecule has 0 bridgehead atoms. The van der Waals surface area contributed by atoms with Crippen molar-refractivity contribution in [1.29, 1.82) is 0 Å². The predicted molar refractivity (Wildman–Crippen MR) is 50.6 cm³/mol. The summed E-state index contributed by atoms with van der Waals surface area (Å²) in [5.74, 6) is -3.60. The summed E-state index contributed by atoms with van der Waals surface area (Å²) in [6, 6.07) is 0. The number of aryl methyl sites for hydroxylation is 1. The van der Waals surface area contributed by atoms with Gasteiger partial charge in [0.15, 0.2) is 0 Å². The SMILES string of the molecule is Cn1ncc(N)c1C(=O)NCC(C)(F)F. The number of nitrogens with zero attached hydrogens (tertiary/aromatic N) is 2. The number of rotatable bonds is 3. The first-order valence-corrected chi connectivity index (χ1v) is 4.25. The number of hydrogen-bond acceptors (Lipinski definition) is 3. The molecule has 0 saturated heterocycles. The molecular weight excluding hydrogens is 206 g/mol. The van der Waals surface area contributed by atoms with E-state index >= 15 is 0 Å². The fourth-order valence-electron chi connectivity index (χ4n) is 1.05. The van der Waals surface area contributed by atoms with Crippen LogP contribution in [0.4, 0.5) is 14.5 Å². The van der Waals surface area contributed by atoms with Gasteiger partial charge in [-0.05, 0) is 0 Å². The summed E-state index contributed by atoms with van der Waals surface area (Å²) >= 11 is 0. The van der Waals surface area contributed by atoms with E-state index in [1.165, 1.54) is 17.9 Å². The Hall–Kier alpha value is -1.66. The molecule has 0 radical (unpaired) electrons. The Labute approximate surface area is 85.2 Å². The molecule has 0 aromatic carbocycles. The van der Waals surface area contributed by atoms with Gasteiger partial charge in [0.1, 0.15) is 5.69 Å². The van der Waals surface area contributed by atoms with Gasteiger partial charge >= 0.3 is 0 Å². The maximum absolute atomic E-state index is 12.5. The van der Waals surface area contributed by atoms with E-state index in [1.54, 1.807) is 0 Å². The van der Waals surface area contributed by atoms with Crippen molar-refractivity contribution in [2.45, 2.75) is 12.8 Å². The second kappa shape index (κ2) is 3.84. The van der Waals surface area contributed by atoms with Crippen LogP contribution in [-0.4, -0.2) is 28.2 Å². The average molecular weight is 218 g/mol. The van der Waals surface area contributed by atoms with Crippen LogP contribution in [0, 0.1) is 0 Å². The van der Waals surface area contributed by atoms with Crippen molar-refractivity contribution in [3.05, 3.63) is 11.9 Å². The topological polar surface area (TPSA) is 72.9 Å². The molecule has 1 amide bonds. The van der Waals surface area contributed by atoms with Crippen LogP contribution >= 0.6 is 0 Å². The minimum absolute atomic E-state index is 0.0826. The summed E-state index contributed by atoms with van der Waals surface area (Å²) in [6.45, 7) is -0.00364. The third kappa shape index (κ3) is 2.90. The molecule has 1 rings (SSSR count). The molecule has 7 heteroatoms. The summed E-state index contributed by atoms with van der Waals surface area (Å²) < 4.78 is 26.1. The Morgan fingerprint density at radius 3 is 2.73 bits per heavy atom. The first-order valence-electron chi connectivity index (χ1n) is 4.25. The molecule has 5 nitrogen and oxygen atoms in total. The van der Waals surface area contributed by atoms with Gasteiger partial charge in [0.2, 0.25) is 0 Å². The second-order valence-electron chi connectivity index (χ2n) is 3.33. The minimum Gasteiger partial charge on any atom is -0.396 e.